The first kappa shape index (κ1) is 14.8. The summed E-state index contributed by atoms with van der Waals surface area (Å²) in [7, 11) is 3.24. The lowest BCUT2D eigenvalue weighted by Crippen LogP contribution is -2.28. The van der Waals surface area contributed by atoms with Gasteiger partial charge in [0.1, 0.15) is 0 Å². The van der Waals surface area contributed by atoms with Crippen LogP contribution in [0, 0.1) is 13.8 Å². The Bertz CT molecular complexity index is 598. The van der Waals surface area contributed by atoms with Crippen LogP contribution in [-0.2, 0) is 0 Å². The van der Waals surface area contributed by atoms with Crippen LogP contribution in [0.3, 0.4) is 0 Å². The van der Waals surface area contributed by atoms with E-state index in [1.807, 2.05) is 32.0 Å². The normalized spacial score (nSPS) is 12.2. The molecule has 0 bridgehead atoms. The average Bonchev–Trinajstić information content (AvgIpc) is 2.78. The number of nitrogens with two attached hydrogens (primary N) is 1. The number of nitrogens with zero attached hydrogens (tertiary/aromatic N) is 1. The van der Waals surface area contributed by atoms with Gasteiger partial charge >= 0.3 is 0 Å². The molecule has 6 heteroatoms. The molecule has 0 aliphatic rings. The Kier molecular flexibility index (Phi) is 4.59. The topological polar surface area (TPSA) is 69.4 Å². The van der Waals surface area contributed by atoms with E-state index in [4.69, 9.17) is 15.3 Å². The lowest BCUT2D eigenvalue weighted by atomic mass is 10.0. The first-order valence-corrected chi connectivity index (χ1v) is 7.04. The van der Waals surface area contributed by atoms with E-state index < -0.39 is 0 Å². The van der Waals surface area contributed by atoms with Crippen LogP contribution in [0.5, 0.6) is 11.5 Å². The minimum absolute atomic E-state index is 0.110. The van der Waals surface area contributed by atoms with Crippen LogP contribution in [0.25, 0.3) is 0 Å². The quantitative estimate of drug-likeness (QED) is 0.654. The second kappa shape index (κ2) is 6.21. The third kappa shape index (κ3) is 2.77. The zero-order valence-corrected chi connectivity index (χ0v) is 12.9. The van der Waals surface area contributed by atoms with Gasteiger partial charge in [-0.15, -0.1) is 11.3 Å². The number of methoxy groups -OCH3 is 2. The van der Waals surface area contributed by atoms with Crippen LogP contribution < -0.4 is 20.7 Å². The van der Waals surface area contributed by atoms with Crippen LogP contribution in [0.4, 0.5) is 0 Å². The van der Waals surface area contributed by atoms with Gasteiger partial charge in [0.15, 0.2) is 11.5 Å². The first-order valence-electron chi connectivity index (χ1n) is 6.22. The molecule has 1 aromatic heterocycles. The van der Waals surface area contributed by atoms with Gasteiger partial charge in [-0.2, -0.15) is 0 Å². The van der Waals surface area contributed by atoms with Crippen molar-refractivity contribution >= 4 is 11.3 Å². The van der Waals surface area contributed by atoms with Gasteiger partial charge in [-0.1, -0.05) is 6.07 Å². The van der Waals surface area contributed by atoms with Crippen LogP contribution in [0.15, 0.2) is 18.2 Å². The molecule has 0 aliphatic carbocycles. The second-order valence-electron chi connectivity index (χ2n) is 4.40. The van der Waals surface area contributed by atoms with E-state index in [9.17, 15) is 0 Å². The number of benzene rings is 1. The smallest absolute Gasteiger partial charge is 0.161 e. The molecule has 5 nitrogen and oxygen atoms in total. The summed E-state index contributed by atoms with van der Waals surface area (Å²) in [5.74, 6) is 7.12. The van der Waals surface area contributed by atoms with Crippen LogP contribution >= 0.6 is 11.3 Å². The predicted octanol–water partition coefficient (Wildman–Crippen LogP) is 2.33. The number of hydrazine groups is 1. The van der Waals surface area contributed by atoms with E-state index in [2.05, 4.69) is 10.4 Å². The van der Waals surface area contributed by atoms with Gasteiger partial charge in [-0.3, -0.25) is 5.84 Å². The van der Waals surface area contributed by atoms with Gasteiger partial charge in [-0.05, 0) is 31.5 Å². The molecule has 0 saturated carbocycles. The minimum Gasteiger partial charge on any atom is -0.493 e. The Hall–Kier alpha value is -1.63. The molecular formula is C14H19N3O2S. The van der Waals surface area contributed by atoms with Gasteiger partial charge in [0.05, 0.1) is 35.8 Å². The molecule has 2 rings (SSSR count). The van der Waals surface area contributed by atoms with E-state index in [-0.39, 0.29) is 6.04 Å². The Morgan fingerprint density at radius 2 is 1.90 bits per heavy atom. The molecule has 0 fully saturated rings. The van der Waals surface area contributed by atoms with Crippen molar-refractivity contribution in [3.8, 4) is 11.5 Å². The largest absolute Gasteiger partial charge is 0.493 e. The fraction of sp³-hybridized carbons (Fsp3) is 0.357. The summed E-state index contributed by atoms with van der Waals surface area (Å²) >= 11 is 1.64. The van der Waals surface area contributed by atoms with E-state index in [0.29, 0.717) is 11.5 Å². The maximum atomic E-state index is 5.73. The predicted molar refractivity (Wildman–Crippen MR) is 80.3 cm³/mol. The monoisotopic (exact) mass is 293 g/mol. The minimum atomic E-state index is -0.110. The Balaban J connectivity index is 2.44. The highest BCUT2D eigenvalue weighted by atomic mass is 32.1. The lowest BCUT2D eigenvalue weighted by Gasteiger charge is -2.17. The van der Waals surface area contributed by atoms with Crippen molar-refractivity contribution in [1.29, 1.82) is 0 Å². The summed E-state index contributed by atoms with van der Waals surface area (Å²) < 4.78 is 10.6. The first-order chi connectivity index (χ1) is 9.60. The third-order valence-electron chi connectivity index (χ3n) is 3.11. The number of thiazole rings is 1. The maximum Gasteiger partial charge on any atom is 0.161 e. The molecule has 2 aromatic rings. The summed E-state index contributed by atoms with van der Waals surface area (Å²) in [5.41, 5.74) is 4.85. The van der Waals surface area contributed by atoms with Gasteiger partial charge in [0, 0.05) is 0 Å². The number of hydrogen-bond donors (Lipinski definition) is 2. The highest BCUT2D eigenvalue weighted by Crippen LogP contribution is 2.34. The number of hydrogen-bond acceptors (Lipinski definition) is 6. The van der Waals surface area contributed by atoms with Crippen molar-refractivity contribution in [2.45, 2.75) is 19.9 Å². The molecule has 20 heavy (non-hydrogen) atoms. The Morgan fingerprint density at radius 3 is 2.40 bits per heavy atom. The molecule has 0 spiro atoms. The molecule has 0 saturated heterocycles. The fourth-order valence-corrected chi connectivity index (χ4v) is 3.19. The summed E-state index contributed by atoms with van der Waals surface area (Å²) in [6.45, 7) is 3.98. The molecule has 0 amide bonds. The number of rotatable bonds is 5. The zero-order valence-electron chi connectivity index (χ0n) is 12.1. The molecular weight excluding hydrogens is 274 g/mol. The SMILES string of the molecule is COc1ccc(C(NN)c2sc(C)nc2C)cc1OC. The van der Waals surface area contributed by atoms with E-state index in [1.165, 1.54) is 0 Å². The summed E-state index contributed by atoms with van der Waals surface area (Å²) in [6, 6.07) is 5.67. The van der Waals surface area contributed by atoms with Crippen LogP contribution in [0.2, 0.25) is 0 Å². The highest BCUT2D eigenvalue weighted by molar-refractivity contribution is 7.11. The van der Waals surface area contributed by atoms with Crippen molar-refractivity contribution in [2.75, 3.05) is 14.2 Å². The third-order valence-corrected chi connectivity index (χ3v) is 4.25. The molecule has 0 aliphatic heterocycles. The van der Waals surface area contributed by atoms with Gasteiger partial charge in [0.2, 0.25) is 0 Å². The van der Waals surface area contributed by atoms with Crippen molar-refractivity contribution in [3.05, 3.63) is 39.3 Å². The number of nitrogens with one attached hydrogen (secondary N) is 1. The molecule has 1 unspecified atom stereocenters. The second-order valence-corrected chi connectivity index (χ2v) is 5.63. The molecule has 108 valence electrons. The Morgan fingerprint density at radius 1 is 1.20 bits per heavy atom. The standard InChI is InChI=1S/C14H19N3O2S/c1-8-14(20-9(2)16-8)13(17-15)10-5-6-11(18-3)12(7-10)19-4/h5-7,13,17H,15H2,1-4H3. The number of aromatic nitrogens is 1. The van der Waals surface area contributed by atoms with E-state index >= 15 is 0 Å². The zero-order chi connectivity index (χ0) is 14.7. The number of ether oxygens (including phenoxy) is 2. The van der Waals surface area contributed by atoms with Gasteiger partial charge < -0.3 is 9.47 Å². The summed E-state index contributed by atoms with van der Waals surface area (Å²) in [5, 5.41) is 1.03. The van der Waals surface area contributed by atoms with E-state index in [1.54, 1.807) is 25.6 Å². The maximum absolute atomic E-state index is 5.73. The van der Waals surface area contributed by atoms with Crippen LogP contribution in [0.1, 0.15) is 27.2 Å². The molecule has 0 radical (unpaired) electrons. The van der Waals surface area contributed by atoms with Crippen LogP contribution in [-0.4, -0.2) is 19.2 Å². The average molecular weight is 293 g/mol. The Labute approximate surface area is 122 Å². The molecule has 3 N–H and O–H groups in total. The highest BCUT2D eigenvalue weighted by Gasteiger charge is 2.19. The molecule has 1 atom stereocenters. The van der Waals surface area contributed by atoms with Gasteiger partial charge in [-0.25, -0.2) is 10.4 Å². The van der Waals surface area contributed by atoms with Crippen molar-refractivity contribution in [2.24, 2.45) is 5.84 Å². The van der Waals surface area contributed by atoms with E-state index in [0.717, 1.165) is 21.1 Å². The molecule has 1 aromatic carbocycles. The van der Waals surface area contributed by atoms with Crippen molar-refractivity contribution < 1.29 is 9.47 Å². The van der Waals surface area contributed by atoms with Gasteiger partial charge in [0.25, 0.3) is 0 Å². The lowest BCUT2D eigenvalue weighted by molar-refractivity contribution is 0.354. The summed E-state index contributed by atoms with van der Waals surface area (Å²) in [4.78, 5) is 5.56. The number of aryl methyl sites for hydroxylation is 2. The molecule has 1 heterocycles. The van der Waals surface area contributed by atoms with Crippen molar-refractivity contribution in [1.82, 2.24) is 10.4 Å². The fourth-order valence-electron chi connectivity index (χ4n) is 2.17. The van der Waals surface area contributed by atoms with Crippen molar-refractivity contribution in [3.63, 3.8) is 0 Å². The summed E-state index contributed by atoms with van der Waals surface area (Å²) in [6.07, 6.45) is 0.